The Labute approximate surface area is 103 Å². The van der Waals surface area contributed by atoms with Gasteiger partial charge in [0.15, 0.2) is 11.5 Å². The molecule has 2 unspecified atom stereocenters. The summed E-state index contributed by atoms with van der Waals surface area (Å²) >= 11 is 0. The normalized spacial score (nSPS) is 25.5. The van der Waals surface area contributed by atoms with Crippen LogP contribution in [0.15, 0.2) is 18.2 Å². The summed E-state index contributed by atoms with van der Waals surface area (Å²) in [6.45, 7) is 5.24. The predicted octanol–water partition coefficient (Wildman–Crippen LogP) is 2.40. The van der Waals surface area contributed by atoms with E-state index >= 15 is 0 Å². The lowest BCUT2D eigenvalue weighted by atomic mass is 10.0. The number of methoxy groups -OCH3 is 2. The van der Waals surface area contributed by atoms with E-state index in [4.69, 9.17) is 15.2 Å². The van der Waals surface area contributed by atoms with E-state index in [0.717, 1.165) is 18.0 Å². The van der Waals surface area contributed by atoms with Crippen LogP contribution in [0.25, 0.3) is 0 Å². The Morgan fingerprint density at radius 1 is 1.24 bits per heavy atom. The fourth-order valence-electron chi connectivity index (χ4n) is 2.96. The average Bonchev–Trinajstić information content (AvgIpc) is 2.89. The van der Waals surface area contributed by atoms with Gasteiger partial charge in [0.25, 0.3) is 0 Å². The second-order valence-electron chi connectivity index (χ2n) is 5.22. The molecule has 3 nitrogen and oxygen atoms in total. The van der Waals surface area contributed by atoms with Gasteiger partial charge in [0.1, 0.15) is 0 Å². The van der Waals surface area contributed by atoms with E-state index in [9.17, 15) is 0 Å². The maximum Gasteiger partial charge on any atom is 0.164 e. The SMILES string of the molecule is COc1cccc(C2C(CN)C2(C)C)c1OC. The molecule has 0 bridgehead atoms. The third-order valence-corrected chi connectivity index (χ3v) is 4.07. The van der Waals surface area contributed by atoms with Crippen LogP contribution in [0.2, 0.25) is 0 Å². The molecule has 2 N–H and O–H groups in total. The van der Waals surface area contributed by atoms with Crippen molar-refractivity contribution in [1.82, 2.24) is 0 Å². The van der Waals surface area contributed by atoms with Crippen molar-refractivity contribution in [3.05, 3.63) is 23.8 Å². The first-order valence-corrected chi connectivity index (χ1v) is 5.98. The first-order valence-electron chi connectivity index (χ1n) is 5.98. The topological polar surface area (TPSA) is 44.5 Å². The molecule has 2 rings (SSSR count). The Bertz CT molecular complexity index is 415. The highest BCUT2D eigenvalue weighted by Crippen LogP contribution is 2.65. The predicted molar refractivity (Wildman–Crippen MR) is 68.6 cm³/mol. The smallest absolute Gasteiger partial charge is 0.164 e. The minimum absolute atomic E-state index is 0.258. The molecule has 0 radical (unpaired) electrons. The van der Waals surface area contributed by atoms with Gasteiger partial charge < -0.3 is 15.2 Å². The zero-order valence-corrected chi connectivity index (χ0v) is 11.0. The largest absolute Gasteiger partial charge is 0.493 e. The standard InChI is InChI=1S/C14H21NO2/c1-14(2)10(8-15)12(14)9-6-5-7-11(16-3)13(9)17-4/h5-7,10,12H,8,15H2,1-4H3. The van der Waals surface area contributed by atoms with Gasteiger partial charge in [-0.3, -0.25) is 0 Å². The number of ether oxygens (including phenoxy) is 2. The van der Waals surface area contributed by atoms with Gasteiger partial charge in [-0.25, -0.2) is 0 Å². The maximum atomic E-state index is 5.83. The molecule has 0 amide bonds. The van der Waals surface area contributed by atoms with E-state index < -0.39 is 0 Å². The zero-order chi connectivity index (χ0) is 12.6. The van der Waals surface area contributed by atoms with Crippen LogP contribution in [-0.2, 0) is 0 Å². The highest BCUT2D eigenvalue weighted by atomic mass is 16.5. The van der Waals surface area contributed by atoms with Gasteiger partial charge in [-0.1, -0.05) is 26.0 Å². The van der Waals surface area contributed by atoms with Gasteiger partial charge >= 0.3 is 0 Å². The number of para-hydroxylation sites is 1. The quantitative estimate of drug-likeness (QED) is 0.871. The molecule has 0 aromatic heterocycles. The van der Waals surface area contributed by atoms with E-state index in [1.165, 1.54) is 5.56 Å². The lowest BCUT2D eigenvalue weighted by molar-refractivity contribution is 0.350. The van der Waals surface area contributed by atoms with Crippen LogP contribution in [0.5, 0.6) is 11.5 Å². The summed E-state index contributed by atoms with van der Waals surface area (Å²) in [6, 6.07) is 6.05. The van der Waals surface area contributed by atoms with Crippen LogP contribution >= 0.6 is 0 Å². The van der Waals surface area contributed by atoms with E-state index in [1.54, 1.807) is 14.2 Å². The molecular formula is C14H21NO2. The highest BCUT2D eigenvalue weighted by Gasteiger charge is 2.58. The molecule has 1 aliphatic carbocycles. The van der Waals surface area contributed by atoms with Crippen molar-refractivity contribution in [3.63, 3.8) is 0 Å². The minimum atomic E-state index is 0.258. The Kier molecular flexibility index (Phi) is 3.04. The van der Waals surface area contributed by atoms with Crippen molar-refractivity contribution in [2.75, 3.05) is 20.8 Å². The molecule has 0 saturated heterocycles. The van der Waals surface area contributed by atoms with Gasteiger partial charge in [-0.15, -0.1) is 0 Å². The van der Waals surface area contributed by atoms with Crippen LogP contribution < -0.4 is 15.2 Å². The number of nitrogens with two attached hydrogens (primary N) is 1. The second-order valence-corrected chi connectivity index (χ2v) is 5.22. The van der Waals surface area contributed by atoms with Gasteiger partial charge in [-0.05, 0) is 29.9 Å². The third kappa shape index (κ3) is 1.78. The first kappa shape index (κ1) is 12.2. The summed E-state index contributed by atoms with van der Waals surface area (Å²) in [5.41, 5.74) is 7.30. The summed E-state index contributed by atoms with van der Waals surface area (Å²) in [7, 11) is 3.36. The summed E-state index contributed by atoms with van der Waals surface area (Å²) in [5.74, 6) is 2.65. The molecule has 0 aliphatic heterocycles. The van der Waals surface area contributed by atoms with Crippen molar-refractivity contribution in [3.8, 4) is 11.5 Å². The van der Waals surface area contributed by atoms with Gasteiger partial charge in [0.05, 0.1) is 14.2 Å². The van der Waals surface area contributed by atoms with Crippen LogP contribution in [0.4, 0.5) is 0 Å². The van der Waals surface area contributed by atoms with Gasteiger partial charge in [-0.2, -0.15) is 0 Å². The fourth-order valence-corrected chi connectivity index (χ4v) is 2.96. The van der Waals surface area contributed by atoms with Crippen molar-refractivity contribution in [2.24, 2.45) is 17.1 Å². The van der Waals surface area contributed by atoms with E-state index in [-0.39, 0.29) is 5.41 Å². The van der Waals surface area contributed by atoms with Crippen LogP contribution in [0.1, 0.15) is 25.3 Å². The molecule has 0 heterocycles. The molecule has 1 saturated carbocycles. The van der Waals surface area contributed by atoms with Crippen LogP contribution in [0, 0.1) is 11.3 Å². The Hall–Kier alpha value is -1.22. The number of hydrogen-bond acceptors (Lipinski definition) is 3. The fraction of sp³-hybridized carbons (Fsp3) is 0.571. The molecule has 2 atom stereocenters. The lowest BCUT2D eigenvalue weighted by Gasteiger charge is -2.13. The molecule has 1 aromatic carbocycles. The molecule has 1 aromatic rings. The number of benzene rings is 1. The number of hydrogen-bond donors (Lipinski definition) is 1. The highest BCUT2D eigenvalue weighted by molar-refractivity contribution is 5.51. The van der Waals surface area contributed by atoms with Gasteiger partial charge in [0, 0.05) is 5.56 Å². The maximum absolute atomic E-state index is 5.83. The average molecular weight is 235 g/mol. The van der Waals surface area contributed by atoms with E-state index in [1.807, 2.05) is 12.1 Å². The molecule has 1 fully saturated rings. The Morgan fingerprint density at radius 3 is 2.41 bits per heavy atom. The van der Waals surface area contributed by atoms with Gasteiger partial charge in [0.2, 0.25) is 0 Å². The van der Waals surface area contributed by atoms with Crippen molar-refractivity contribution in [2.45, 2.75) is 19.8 Å². The van der Waals surface area contributed by atoms with Crippen LogP contribution in [-0.4, -0.2) is 20.8 Å². The summed E-state index contributed by atoms with van der Waals surface area (Å²) < 4.78 is 10.8. The monoisotopic (exact) mass is 235 g/mol. The first-order chi connectivity index (χ1) is 8.07. The summed E-state index contributed by atoms with van der Waals surface area (Å²) in [4.78, 5) is 0. The lowest BCUT2D eigenvalue weighted by Crippen LogP contribution is -2.05. The van der Waals surface area contributed by atoms with Crippen molar-refractivity contribution in [1.29, 1.82) is 0 Å². The van der Waals surface area contributed by atoms with E-state index in [0.29, 0.717) is 11.8 Å². The van der Waals surface area contributed by atoms with Crippen molar-refractivity contribution < 1.29 is 9.47 Å². The molecule has 94 valence electrons. The second kappa shape index (κ2) is 4.22. The molecular weight excluding hydrogens is 214 g/mol. The summed E-state index contributed by atoms with van der Waals surface area (Å²) in [5, 5.41) is 0. The number of rotatable bonds is 4. The van der Waals surface area contributed by atoms with Crippen LogP contribution in [0.3, 0.4) is 0 Å². The molecule has 0 spiro atoms. The Balaban J connectivity index is 2.40. The molecule has 3 heteroatoms. The van der Waals surface area contributed by atoms with Crippen molar-refractivity contribution >= 4 is 0 Å². The molecule has 1 aliphatic rings. The zero-order valence-electron chi connectivity index (χ0n) is 11.0. The Morgan fingerprint density at radius 2 is 1.94 bits per heavy atom. The molecule has 17 heavy (non-hydrogen) atoms. The van der Waals surface area contributed by atoms with E-state index in [2.05, 4.69) is 19.9 Å². The summed E-state index contributed by atoms with van der Waals surface area (Å²) in [6.07, 6.45) is 0. The third-order valence-electron chi connectivity index (χ3n) is 4.07. The minimum Gasteiger partial charge on any atom is -0.493 e.